The van der Waals surface area contributed by atoms with Gasteiger partial charge in [-0.2, -0.15) is 5.26 Å². The molecule has 0 spiro atoms. The Morgan fingerprint density at radius 1 is 1.38 bits per heavy atom. The van der Waals surface area contributed by atoms with Crippen molar-refractivity contribution in [1.29, 1.82) is 5.26 Å². The fraction of sp³-hybridized carbons (Fsp3) is 0.368. The molecule has 1 aromatic heterocycles. The lowest BCUT2D eigenvalue weighted by molar-refractivity contribution is -0.682. The van der Waals surface area contributed by atoms with E-state index in [-0.39, 0.29) is 18.5 Å². The minimum absolute atomic E-state index is 0.0887. The normalized spacial score (nSPS) is 14.4. The Morgan fingerprint density at radius 2 is 2.15 bits per heavy atom. The van der Waals surface area contributed by atoms with Crippen molar-refractivity contribution < 1.29 is 18.9 Å². The number of fused-ring (bicyclic) bond motifs is 1. The highest BCUT2D eigenvalue weighted by atomic mass is 32.1. The Kier molecular flexibility index (Phi) is 5.64. The van der Waals surface area contributed by atoms with Gasteiger partial charge in [0.2, 0.25) is 0 Å². The van der Waals surface area contributed by atoms with Gasteiger partial charge in [0, 0.05) is 16.5 Å². The van der Waals surface area contributed by atoms with Gasteiger partial charge in [-0.1, -0.05) is 0 Å². The number of hydrogen-bond donors (Lipinski definition) is 2. The van der Waals surface area contributed by atoms with E-state index < -0.39 is 11.6 Å². The Morgan fingerprint density at radius 3 is 2.88 bits per heavy atom. The second kappa shape index (κ2) is 7.94. The number of hydrogen-bond acceptors (Lipinski definition) is 3. The number of nitrogens with zero attached hydrogens (tertiary/aromatic N) is 1. The standard InChI is InChI=1S/C19H19F2N3OS/c1-11(13-7-6-12(20)8-16(13)21)23-10-18(25)24-19-15(9-22)14-4-2-3-5-17(14)26-19/h6-8,11,23H,2-5,10H2,1H3,(H,24,25)/p+1/t11-/m1/s1. The monoisotopic (exact) mass is 376 g/mol. The van der Waals surface area contributed by atoms with Crippen LogP contribution in [0, 0.1) is 23.0 Å². The number of anilines is 1. The van der Waals surface area contributed by atoms with Crippen LogP contribution in [0.4, 0.5) is 13.8 Å². The number of nitriles is 1. The first-order valence-corrected chi connectivity index (χ1v) is 9.44. The van der Waals surface area contributed by atoms with E-state index in [0.29, 0.717) is 16.1 Å². The molecule has 0 bridgehead atoms. The van der Waals surface area contributed by atoms with Crippen LogP contribution in [-0.2, 0) is 17.6 Å². The van der Waals surface area contributed by atoms with Gasteiger partial charge >= 0.3 is 0 Å². The number of thiophene rings is 1. The molecule has 7 heteroatoms. The van der Waals surface area contributed by atoms with E-state index in [1.165, 1.54) is 28.3 Å². The Labute approximate surface area is 154 Å². The second-order valence-electron chi connectivity index (χ2n) is 6.47. The number of carbonyl (C=O) groups is 1. The largest absolute Gasteiger partial charge is 0.332 e. The third kappa shape index (κ3) is 3.92. The van der Waals surface area contributed by atoms with Crippen molar-refractivity contribution in [3.8, 4) is 6.07 Å². The molecular weight excluding hydrogens is 356 g/mol. The summed E-state index contributed by atoms with van der Waals surface area (Å²) in [6, 6.07) is 5.33. The van der Waals surface area contributed by atoms with E-state index in [1.807, 2.05) is 0 Å². The first-order chi connectivity index (χ1) is 12.5. The van der Waals surface area contributed by atoms with Crippen LogP contribution in [0.3, 0.4) is 0 Å². The third-order valence-electron chi connectivity index (χ3n) is 4.65. The molecule has 0 unspecified atom stereocenters. The van der Waals surface area contributed by atoms with Crippen LogP contribution in [0.25, 0.3) is 0 Å². The van der Waals surface area contributed by atoms with Crippen molar-refractivity contribution in [2.45, 2.75) is 38.6 Å². The molecule has 0 aliphatic heterocycles. The van der Waals surface area contributed by atoms with E-state index in [0.717, 1.165) is 37.3 Å². The van der Waals surface area contributed by atoms with Crippen LogP contribution in [0.1, 0.15) is 47.4 Å². The van der Waals surface area contributed by atoms with Crippen LogP contribution < -0.4 is 10.6 Å². The fourth-order valence-electron chi connectivity index (χ4n) is 3.23. The highest BCUT2D eigenvalue weighted by molar-refractivity contribution is 7.16. The van der Waals surface area contributed by atoms with Gasteiger partial charge in [-0.05, 0) is 50.3 Å². The minimum Gasteiger partial charge on any atom is -0.332 e. The molecular formula is C19H20F2N3OS+. The Hall–Kier alpha value is -2.30. The van der Waals surface area contributed by atoms with Crippen LogP contribution in [0.2, 0.25) is 0 Å². The van der Waals surface area contributed by atoms with E-state index in [1.54, 1.807) is 12.2 Å². The van der Waals surface area contributed by atoms with E-state index >= 15 is 0 Å². The first-order valence-electron chi connectivity index (χ1n) is 8.62. The molecule has 1 amide bonds. The minimum atomic E-state index is -0.623. The number of quaternary nitrogens is 1. The van der Waals surface area contributed by atoms with Crippen molar-refractivity contribution in [2.24, 2.45) is 0 Å². The van der Waals surface area contributed by atoms with Gasteiger partial charge in [-0.3, -0.25) is 4.79 Å². The molecule has 2 aromatic rings. The average molecular weight is 376 g/mol. The van der Waals surface area contributed by atoms with Crippen molar-refractivity contribution in [2.75, 3.05) is 11.9 Å². The summed E-state index contributed by atoms with van der Waals surface area (Å²) >= 11 is 1.48. The van der Waals surface area contributed by atoms with Gasteiger partial charge in [0.1, 0.15) is 28.7 Å². The summed E-state index contributed by atoms with van der Waals surface area (Å²) in [6.45, 7) is 1.85. The number of carbonyl (C=O) groups excluding carboxylic acids is 1. The molecule has 3 N–H and O–H groups in total. The molecule has 4 nitrogen and oxygen atoms in total. The highest BCUT2D eigenvalue weighted by Gasteiger charge is 2.22. The predicted octanol–water partition coefficient (Wildman–Crippen LogP) is 3.04. The van der Waals surface area contributed by atoms with E-state index in [2.05, 4.69) is 11.4 Å². The summed E-state index contributed by atoms with van der Waals surface area (Å²) in [5.41, 5.74) is 2.00. The molecule has 1 aliphatic carbocycles. The number of rotatable bonds is 5. The van der Waals surface area contributed by atoms with Gasteiger partial charge in [-0.15, -0.1) is 11.3 Å². The molecule has 0 radical (unpaired) electrons. The van der Waals surface area contributed by atoms with Crippen LogP contribution in [0.15, 0.2) is 18.2 Å². The molecule has 26 heavy (non-hydrogen) atoms. The number of benzene rings is 1. The van der Waals surface area contributed by atoms with Gasteiger partial charge in [0.15, 0.2) is 6.54 Å². The molecule has 1 heterocycles. The summed E-state index contributed by atoms with van der Waals surface area (Å²) < 4.78 is 26.8. The summed E-state index contributed by atoms with van der Waals surface area (Å²) in [5, 5.41) is 14.5. The number of nitrogens with one attached hydrogen (secondary N) is 1. The predicted molar refractivity (Wildman–Crippen MR) is 95.9 cm³/mol. The fourth-order valence-corrected chi connectivity index (χ4v) is 4.49. The molecule has 1 aliphatic rings. The molecule has 1 aromatic carbocycles. The third-order valence-corrected chi connectivity index (χ3v) is 5.85. The smallest absolute Gasteiger partial charge is 0.280 e. The Bertz CT molecular complexity index is 872. The first kappa shape index (κ1) is 18.5. The summed E-state index contributed by atoms with van der Waals surface area (Å²) in [4.78, 5) is 13.5. The maximum Gasteiger partial charge on any atom is 0.280 e. The topological polar surface area (TPSA) is 69.5 Å². The van der Waals surface area contributed by atoms with Crippen molar-refractivity contribution >= 4 is 22.2 Å². The van der Waals surface area contributed by atoms with Crippen LogP contribution in [-0.4, -0.2) is 12.5 Å². The molecule has 3 rings (SSSR count). The highest BCUT2D eigenvalue weighted by Crippen LogP contribution is 2.37. The lowest BCUT2D eigenvalue weighted by Gasteiger charge is -2.12. The van der Waals surface area contributed by atoms with Crippen LogP contribution >= 0.6 is 11.3 Å². The van der Waals surface area contributed by atoms with Gasteiger partial charge < -0.3 is 10.6 Å². The van der Waals surface area contributed by atoms with E-state index in [9.17, 15) is 18.8 Å². The maximum absolute atomic E-state index is 13.8. The molecule has 0 fully saturated rings. The zero-order valence-corrected chi connectivity index (χ0v) is 15.3. The van der Waals surface area contributed by atoms with Gasteiger partial charge in [0.25, 0.3) is 5.91 Å². The number of nitrogens with two attached hydrogens (primary N) is 1. The molecule has 1 atom stereocenters. The van der Waals surface area contributed by atoms with Crippen molar-refractivity contribution in [3.05, 3.63) is 51.4 Å². The quantitative estimate of drug-likeness (QED) is 0.842. The maximum atomic E-state index is 13.8. The van der Waals surface area contributed by atoms with Gasteiger partial charge in [-0.25, -0.2) is 8.78 Å². The number of halogens is 2. The number of aryl methyl sites for hydroxylation is 1. The van der Waals surface area contributed by atoms with E-state index in [4.69, 9.17) is 0 Å². The lowest BCUT2D eigenvalue weighted by Crippen LogP contribution is -2.86. The Balaban J connectivity index is 1.63. The molecule has 136 valence electrons. The lowest BCUT2D eigenvalue weighted by atomic mass is 9.96. The van der Waals surface area contributed by atoms with Crippen molar-refractivity contribution in [3.63, 3.8) is 0 Å². The van der Waals surface area contributed by atoms with Crippen molar-refractivity contribution in [1.82, 2.24) is 0 Å². The second-order valence-corrected chi connectivity index (χ2v) is 7.57. The average Bonchev–Trinajstić information content (AvgIpc) is 2.96. The molecule has 0 saturated heterocycles. The molecule has 0 saturated carbocycles. The zero-order valence-electron chi connectivity index (χ0n) is 14.4. The summed E-state index contributed by atoms with van der Waals surface area (Å²) in [5.74, 6) is -1.48. The number of amides is 1. The summed E-state index contributed by atoms with van der Waals surface area (Å²) in [6.07, 6.45) is 4.02. The zero-order chi connectivity index (χ0) is 18.7. The summed E-state index contributed by atoms with van der Waals surface area (Å²) in [7, 11) is 0. The van der Waals surface area contributed by atoms with Crippen LogP contribution in [0.5, 0.6) is 0 Å². The SMILES string of the molecule is C[C@@H]([NH2+]CC(=O)Nc1sc2c(c1C#N)CCCC2)c1ccc(F)cc1F. The van der Waals surface area contributed by atoms with Gasteiger partial charge in [0.05, 0.1) is 5.56 Å².